The van der Waals surface area contributed by atoms with Gasteiger partial charge in [-0.3, -0.25) is 0 Å². The first-order valence-electron chi connectivity index (χ1n) is 6.20. The van der Waals surface area contributed by atoms with Gasteiger partial charge in [-0.05, 0) is 18.8 Å². The van der Waals surface area contributed by atoms with Gasteiger partial charge in [-0.25, -0.2) is 9.97 Å². The van der Waals surface area contributed by atoms with Crippen LogP contribution < -0.4 is 4.74 Å². The Labute approximate surface area is 99.6 Å². The van der Waals surface area contributed by atoms with E-state index in [1.54, 1.807) is 6.33 Å². The van der Waals surface area contributed by atoms with E-state index in [-0.39, 0.29) is 0 Å². The molecule has 0 spiro atoms. The highest BCUT2D eigenvalue weighted by molar-refractivity contribution is 5.74. The SMILES string of the molecule is c1nc(OCC2CCCCC2)c2nc[nH]c2n1. The number of nitrogens with one attached hydrogen (secondary N) is 1. The van der Waals surface area contributed by atoms with Gasteiger partial charge in [0.15, 0.2) is 11.2 Å². The summed E-state index contributed by atoms with van der Waals surface area (Å²) in [5, 5.41) is 0. The summed E-state index contributed by atoms with van der Waals surface area (Å²) in [7, 11) is 0. The highest BCUT2D eigenvalue weighted by Crippen LogP contribution is 2.25. The molecule has 5 nitrogen and oxygen atoms in total. The predicted octanol–water partition coefficient (Wildman–Crippen LogP) is 2.31. The number of aromatic amines is 1. The molecule has 1 N–H and O–H groups in total. The van der Waals surface area contributed by atoms with Crippen LogP contribution in [0.4, 0.5) is 0 Å². The number of H-pyrrole nitrogens is 1. The largest absolute Gasteiger partial charge is 0.476 e. The number of aromatic nitrogens is 4. The zero-order valence-corrected chi connectivity index (χ0v) is 9.72. The summed E-state index contributed by atoms with van der Waals surface area (Å²) in [4.78, 5) is 15.4. The van der Waals surface area contributed by atoms with Crippen molar-refractivity contribution >= 4 is 11.2 Å². The molecule has 3 rings (SSSR count). The van der Waals surface area contributed by atoms with Crippen molar-refractivity contribution in [2.75, 3.05) is 6.61 Å². The Hall–Kier alpha value is -1.65. The van der Waals surface area contributed by atoms with Gasteiger partial charge >= 0.3 is 0 Å². The van der Waals surface area contributed by atoms with Crippen LogP contribution in [0.3, 0.4) is 0 Å². The summed E-state index contributed by atoms with van der Waals surface area (Å²) >= 11 is 0. The van der Waals surface area contributed by atoms with Crippen molar-refractivity contribution in [3.63, 3.8) is 0 Å². The van der Waals surface area contributed by atoms with Crippen LogP contribution in [0.1, 0.15) is 32.1 Å². The maximum absolute atomic E-state index is 5.78. The first-order chi connectivity index (χ1) is 8.43. The highest BCUT2D eigenvalue weighted by atomic mass is 16.5. The molecule has 2 heterocycles. The van der Waals surface area contributed by atoms with Crippen LogP contribution in [0.25, 0.3) is 11.2 Å². The van der Waals surface area contributed by atoms with Crippen LogP contribution in [-0.4, -0.2) is 26.5 Å². The van der Waals surface area contributed by atoms with E-state index in [1.807, 2.05) is 0 Å². The number of imidazole rings is 1. The molecule has 0 radical (unpaired) electrons. The monoisotopic (exact) mass is 232 g/mol. The van der Waals surface area contributed by atoms with Gasteiger partial charge in [0.1, 0.15) is 6.33 Å². The third-order valence-electron chi connectivity index (χ3n) is 3.36. The summed E-state index contributed by atoms with van der Waals surface area (Å²) in [6.07, 6.45) is 9.70. The van der Waals surface area contributed by atoms with Gasteiger partial charge in [0.25, 0.3) is 0 Å². The maximum Gasteiger partial charge on any atom is 0.245 e. The fourth-order valence-corrected chi connectivity index (χ4v) is 2.40. The van der Waals surface area contributed by atoms with E-state index in [1.165, 1.54) is 38.4 Å². The summed E-state index contributed by atoms with van der Waals surface area (Å²) in [6.45, 7) is 0.749. The summed E-state index contributed by atoms with van der Waals surface area (Å²) in [5.74, 6) is 1.27. The molecule has 1 fully saturated rings. The van der Waals surface area contributed by atoms with Gasteiger partial charge in [0.2, 0.25) is 5.88 Å². The van der Waals surface area contributed by atoms with E-state index in [0.717, 1.165) is 17.8 Å². The second-order valence-corrected chi connectivity index (χ2v) is 4.59. The molecular formula is C12H16N4O. The average molecular weight is 232 g/mol. The lowest BCUT2D eigenvalue weighted by molar-refractivity contribution is 0.204. The summed E-state index contributed by atoms with van der Waals surface area (Å²) in [6, 6.07) is 0. The van der Waals surface area contributed by atoms with Gasteiger partial charge in [-0.2, -0.15) is 4.98 Å². The lowest BCUT2D eigenvalue weighted by atomic mass is 9.90. The molecule has 0 atom stereocenters. The summed E-state index contributed by atoms with van der Waals surface area (Å²) < 4.78 is 5.78. The molecule has 2 aromatic rings. The fourth-order valence-electron chi connectivity index (χ4n) is 2.40. The molecule has 17 heavy (non-hydrogen) atoms. The molecule has 0 aliphatic heterocycles. The fraction of sp³-hybridized carbons (Fsp3) is 0.583. The van der Waals surface area contributed by atoms with Crippen LogP contribution in [-0.2, 0) is 0 Å². The number of fused-ring (bicyclic) bond motifs is 1. The van der Waals surface area contributed by atoms with Crippen molar-refractivity contribution in [1.82, 2.24) is 19.9 Å². The molecule has 1 saturated carbocycles. The number of hydrogen-bond acceptors (Lipinski definition) is 4. The van der Waals surface area contributed by atoms with Crippen molar-refractivity contribution < 1.29 is 4.74 Å². The Kier molecular flexibility index (Phi) is 2.90. The number of rotatable bonds is 3. The average Bonchev–Trinajstić information content (AvgIpc) is 2.86. The normalized spacial score (nSPS) is 17.4. The number of nitrogens with zero attached hydrogens (tertiary/aromatic N) is 3. The van der Waals surface area contributed by atoms with E-state index >= 15 is 0 Å². The molecule has 2 aromatic heterocycles. The topological polar surface area (TPSA) is 63.7 Å². The van der Waals surface area contributed by atoms with Crippen molar-refractivity contribution in [3.05, 3.63) is 12.7 Å². The van der Waals surface area contributed by atoms with Gasteiger partial charge < -0.3 is 9.72 Å². The molecule has 0 unspecified atom stereocenters. The lowest BCUT2D eigenvalue weighted by Gasteiger charge is -2.21. The van der Waals surface area contributed by atoms with Gasteiger partial charge in [-0.15, -0.1) is 0 Å². The predicted molar refractivity (Wildman–Crippen MR) is 63.8 cm³/mol. The van der Waals surface area contributed by atoms with Crippen LogP contribution >= 0.6 is 0 Å². The molecule has 90 valence electrons. The highest BCUT2D eigenvalue weighted by Gasteiger charge is 2.15. The van der Waals surface area contributed by atoms with Gasteiger partial charge in [0.05, 0.1) is 12.9 Å². The molecule has 0 saturated heterocycles. The Morgan fingerprint density at radius 3 is 2.94 bits per heavy atom. The Morgan fingerprint density at radius 2 is 2.06 bits per heavy atom. The minimum atomic E-state index is 0.599. The van der Waals surface area contributed by atoms with E-state index < -0.39 is 0 Å². The van der Waals surface area contributed by atoms with E-state index in [2.05, 4.69) is 19.9 Å². The molecule has 0 aromatic carbocycles. The quantitative estimate of drug-likeness (QED) is 0.882. The standard InChI is InChI=1S/C12H16N4O/c1-2-4-9(5-3-1)6-17-12-10-11(14-7-13-10)15-8-16-12/h7-9H,1-6H2,(H,13,14,15,16). The summed E-state index contributed by atoms with van der Waals surface area (Å²) in [5.41, 5.74) is 1.46. The zero-order valence-electron chi connectivity index (χ0n) is 9.72. The van der Waals surface area contributed by atoms with Crippen molar-refractivity contribution in [2.45, 2.75) is 32.1 Å². The maximum atomic E-state index is 5.78. The van der Waals surface area contributed by atoms with Crippen LogP contribution in [0.15, 0.2) is 12.7 Å². The lowest BCUT2D eigenvalue weighted by Crippen LogP contribution is -2.15. The van der Waals surface area contributed by atoms with Crippen LogP contribution in [0.5, 0.6) is 5.88 Å². The smallest absolute Gasteiger partial charge is 0.245 e. The molecule has 0 amide bonds. The number of ether oxygens (including phenoxy) is 1. The van der Waals surface area contributed by atoms with Gasteiger partial charge in [-0.1, -0.05) is 19.3 Å². The van der Waals surface area contributed by atoms with E-state index in [0.29, 0.717) is 11.8 Å². The molecular weight excluding hydrogens is 216 g/mol. The molecule has 1 aliphatic rings. The van der Waals surface area contributed by atoms with E-state index in [9.17, 15) is 0 Å². The van der Waals surface area contributed by atoms with Crippen molar-refractivity contribution in [2.24, 2.45) is 5.92 Å². The van der Waals surface area contributed by atoms with E-state index in [4.69, 9.17) is 4.74 Å². The van der Waals surface area contributed by atoms with Crippen LogP contribution in [0.2, 0.25) is 0 Å². The Bertz CT molecular complexity index is 490. The first kappa shape index (κ1) is 10.5. The minimum Gasteiger partial charge on any atom is -0.476 e. The third-order valence-corrected chi connectivity index (χ3v) is 3.36. The van der Waals surface area contributed by atoms with Crippen molar-refractivity contribution in [3.8, 4) is 5.88 Å². The molecule has 5 heteroatoms. The second-order valence-electron chi connectivity index (χ2n) is 4.59. The molecule has 1 aliphatic carbocycles. The minimum absolute atomic E-state index is 0.599. The molecule has 0 bridgehead atoms. The van der Waals surface area contributed by atoms with Gasteiger partial charge in [0, 0.05) is 0 Å². The van der Waals surface area contributed by atoms with Crippen LogP contribution in [0, 0.1) is 5.92 Å². The first-order valence-corrected chi connectivity index (χ1v) is 6.20. The zero-order chi connectivity index (χ0) is 11.5. The van der Waals surface area contributed by atoms with Crippen molar-refractivity contribution in [1.29, 1.82) is 0 Å². The third kappa shape index (κ3) is 2.23. The Balaban J connectivity index is 1.69. The Morgan fingerprint density at radius 1 is 1.18 bits per heavy atom. The second kappa shape index (κ2) is 4.69. The number of hydrogen-bond donors (Lipinski definition) is 1.